The van der Waals surface area contributed by atoms with Crippen molar-refractivity contribution < 1.29 is 27.4 Å². The molecule has 1 fully saturated rings. The SMILES string of the molecule is Cc1cc(-c2ncnn2C)c2cccc(OCc3c(Cl)cc(F)cc3[C@H](C)N3CC(OC(F)F)CC3=O)c2n1. The minimum atomic E-state index is -2.99. The van der Waals surface area contributed by atoms with Crippen molar-refractivity contribution in [3.63, 3.8) is 0 Å². The number of carbonyl (C=O) groups excluding carboxylic acids is 1. The molecule has 2 aromatic carbocycles. The average molecular weight is 560 g/mol. The number of likely N-dealkylation sites (tertiary alicyclic amines) is 1. The second kappa shape index (κ2) is 10.8. The first-order chi connectivity index (χ1) is 18.6. The van der Waals surface area contributed by atoms with Crippen molar-refractivity contribution in [3.05, 3.63) is 70.4 Å². The first-order valence-corrected chi connectivity index (χ1v) is 12.6. The normalized spacial score (nSPS) is 16.5. The van der Waals surface area contributed by atoms with Crippen LogP contribution in [0.1, 0.15) is 36.2 Å². The van der Waals surface area contributed by atoms with Gasteiger partial charge in [-0.25, -0.2) is 19.0 Å². The molecule has 3 heterocycles. The summed E-state index contributed by atoms with van der Waals surface area (Å²) in [6, 6.07) is 9.22. The number of rotatable bonds is 8. The number of aryl methyl sites for hydroxylation is 2. The molecule has 1 unspecified atom stereocenters. The van der Waals surface area contributed by atoms with E-state index in [1.54, 1.807) is 24.7 Å². The molecule has 39 heavy (non-hydrogen) atoms. The summed E-state index contributed by atoms with van der Waals surface area (Å²) >= 11 is 6.46. The Labute approximate surface area is 227 Å². The molecule has 2 aromatic heterocycles. The molecule has 204 valence electrons. The van der Waals surface area contributed by atoms with Gasteiger partial charge in [0, 0.05) is 35.8 Å². The van der Waals surface area contributed by atoms with Crippen LogP contribution in [-0.2, 0) is 23.2 Å². The van der Waals surface area contributed by atoms with E-state index in [9.17, 15) is 18.0 Å². The lowest BCUT2D eigenvalue weighted by molar-refractivity contribution is -0.159. The van der Waals surface area contributed by atoms with E-state index in [1.165, 1.54) is 23.4 Å². The second-order valence-corrected chi connectivity index (χ2v) is 9.77. The number of halogens is 4. The highest BCUT2D eigenvalue weighted by Gasteiger charge is 2.36. The Morgan fingerprint density at radius 2 is 2.03 bits per heavy atom. The quantitative estimate of drug-likeness (QED) is 0.279. The molecule has 1 aliphatic heterocycles. The Morgan fingerprint density at radius 1 is 1.23 bits per heavy atom. The zero-order valence-electron chi connectivity index (χ0n) is 21.4. The lowest BCUT2D eigenvalue weighted by atomic mass is 10.00. The Hall–Kier alpha value is -3.70. The molecule has 1 aliphatic rings. The number of aromatic nitrogens is 4. The lowest BCUT2D eigenvalue weighted by Gasteiger charge is -2.27. The zero-order valence-corrected chi connectivity index (χ0v) is 22.1. The van der Waals surface area contributed by atoms with Gasteiger partial charge < -0.3 is 14.4 Å². The van der Waals surface area contributed by atoms with Gasteiger partial charge in [-0.3, -0.25) is 4.79 Å². The van der Waals surface area contributed by atoms with Gasteiger partial charge in [-0.1, -0.05) is 23.7 Å². The van der Waals surface area contributed by atoms with E-state index in [0.717, 1.165) is 16.6 Å². The average Bonchev–Trinajstić information content (AvgIpc) is 3.46. The molecule has 0 spiro atoms. The molecule has 4 aromatic rings. The summed E-state index contributed by atoms with van der Waals surface area (Å²) in [5.74, 6) is 0.185. The van der Waals surface area contributed by atoms with Crippen LogP contribution < -0.4 is 4.74 Å². The minimum absolute atomic E-state index is 0.0455. The van der Waals surface area contributed by atoms with Crippen LogP contribution in [0.2, 0.25) is 5.02 Å². The summed E-state index contributed by atoms with van der Waals surface area (Å²) in [6.07, 6.45) is 0.346. The number of ether oxygens (including phenoxy) is 2. The largest absolute Gasteiger partial charge is 0.487 e. The highest BCUT2D eigenvalue weighted by atomic mass is 35.5. The van der Waals surface area contributed by atoms with Crippen LogP contribution in [0.4, 0.5) is 13.2 Å². The maximum atomic E-state index is 14.5. The van der Waals surface area contributed by atoms with E-state index in [1.807, 2.05) is 25.1 Å². The van der Waals surface area contributed by atoms with Crippen LogP contribution in [0, 0.1) is 12.7 Å². The first kappa shape index (κ1) is 26.9. The first-order valence-electron chi connectivity index (χ1n) is 12.2. The van der Waals surface area contributed by atoms with Gasteiger partial charge in [0.05, 0.1) is 23.6 Å². The lowest BCUT2D eigenvalue weighted by Crippen LogP contribution is -2.30. The van der Waals surface area contributed by atoms with Gasteiger partial charge in [0.25, 0.3) is 0 Å². The van der Waals surface area contributed by atoms with Crippen molar-refractivity contribution in [1.29, 1.82) is 0 Å². The molecular formula is C27H25ClF3N5O3. The van der Waals surface area contributed by atoms with Crippen LogP contribution in [0.25, 0.3) is 22.3 Å². The minimum Gasteiger partial charge on any atom is -0.487 e. The molecule has 0 bridgehead atoms. The number of hydrogen-bond donors (Lipinski definition) is 0. The summed E-state index contributed by atoms with van der Waals surface area (Å²) in [4.78, 5) is 23.0. The third-order valence-corrected chi connectivity index (χ3v) is 7.12. The number of nitrogens with zero attached hydrogens (tertiary/aromatic N) is 5. The van der Waals surface area contributed by atoms with E-state index in [0.29, 0.717) is 28.2 Å². The highest BCUT2D eigenvalue weighted by Crippen LogP contribution is 2.36. The van der Waals surface area contributed by atoms with Crippen LogP contribution in [-0.4, -0.2) is 49.8 Å². The molecule has 5 rings (SSSR count). The Balaban J connectivity index is 1.47. The molecule has 8 nitrogen and oxygen atoms in total. The van der Waals surface area contributed by atoms with Crippen molar-refractivity contribution in [1.82, 2.24) is 24.6 Å². The van der Waals surface area contributed by atoms with Gasteiger partial charge in [0.1, 0.15) is 30.0 Å². The fourth-order valence-corrected chi connectivity index (χ4v) is 5.23. The molecule has 1 saturated heterocycles. The number of pyridine rings is 1. The summed E-state index contributed by atoms with van der Waals surface area (Å²) in [7, 11) is 1.80. The van der Waals surface area contributed by atoms with E-state index >= 15 is 0 Å². The van der Waals surface area contributed by atoms with Crippen molar-refractivity contribution in [2.75, 3.05) is 6.54 Å². The van der Waals surface area contributed by atoms with E-state index in [4.69, 9.17) is 16.3 Å². The Kier molecular flexibility index (Phi) is 7.46. The zero-order chi connectivity index (χ0) is 27.8. The smallest absolute Gasteiger partial charge is 0.345 e. The molecule has 2 atom stereocenters. The van der Waals surface area contributed by atoms with Crippen LogP contribution in [0.15, 0.2) is 42.7 Å². The van der Waals surface area contributed by atoms with E-state index < -0.39 is 24.6 Å². The Bertz CT molecular complexity index is 1550. The molecule has 0 aliphatic carbocycles. The van der Waals surface area contributed by atoms with Gasteiger partial charge in [-0.05, 0) is 43.7 Å². The van der Waals surface area contributed by atoms with Crippen LogP contribution in [0.5, 0.6) is 5.75 Å². The van der Waals surface area contributed by atoms with Crippen LogP contribution in [0.3, 0.4) is 0 Å². The van der Waals surface area contributed by atoms with Crippen LogP contribution >= 0.6 is 11.6 Å². The van der Waals surface area contributed by atoms with Gasteiger partial charge in [0.15, 0.2) is 5.82 Å². The van der Waals surface area contributed by atoms with Crippen molar-refractivity contribution in [3.8, 4) is 17.1 Å². The highest BCUT2D eigenvalue weighted by molar-refractivity contribution is 6.31. The molecule has 0 N–H and O–H groups in total. The topological polar surface area (TPSA) is 82.4 Å². The standard InChI is InChI=1S/C27H25ClF3N5O3/c1-14-7-20(26-32-13-33-35(26)3)18-5-4-6-23(25(18)34-14)38-12-21-19(8-16(29)9-22(21)28)15(2)36-11-17(10-24(36)37)39-27(30)31/h4-9,13,15,17,27H,10-12H2,1-3H3/t15-,17?/m0/s1. The summed E-state index contributed by atoms with van der Waals surface area (Å²) in [5, 5.41) is 5.09. The van der Waals surface area contributed by atoms with E-state index in [-0.39, 0.29) is 30.5 Å². The molecule has 1 amide bonds. The third-order valence-electron chi connectivity index (χ3n) is 6.79. The summed E-state index contributed by atoms with van der Waals surface area (Å²) < 4.78 is 52.3. The number of fused-ring (bicyclic) bond motifs is 1. The van der Waals surface area contributed by atoms with Gasteiger partial charge in [0.2, 0.25) is 5.91 Å². The molecule has 0 radical (unpaired) electrons. The second-order valence-electron chi connectivity index (χ2n) is 9.36. The number of alkyl halides is 2. The molecule has 0 saturated carbocycles. The predicted octanol–water partition coefficient (Wildman–Crippen LogP) is 5.61. The van der Waals surface area contributed by atoms with Gasteiger partial charge in [-0.15, -0.1) is 0 Å². The van der Waals surface area contributed by atoms with Gasteiger partial charge in [-0.2, -0.15) is 13.9 Å². The summed E-state index contributed by atoms with van der Waals surface area (Å²) in [5.41, 5.74) is 3.07. The monoisotopic (exact) mass is 559 g/mol. The molecular weight excluding hydrogens is 535 g/mol. The number of benzene rings is 2. The number of para-hydroxylation sites is 1. The summed E-state index contributed by atoms with van der Waals surface area (Å²) in [6.45, 7) is 0.470. The Morgan fingerprint density at radius 3 is 2.74 bits per heavy atom. The predicted molar refractivity (Wildman–Crippen MR) is 138 cm³/mol. The van der Waals surface area contributed by atoms with Crippen molar-refractivity contribution in [2.45, 2.75) is 45.6 Å². The van der Waals surface area contributed by atoms with Crippen molar-refractivity contribution in [2.24, 2.45) is 7.05 Å². The number of carbonyl (C=O) groups is 1. The van der Waals surface area contributed by atoms with Gasteiger partial charge >= 0.3 is 6.61 Å². The maximum Gasteiger partial charge on any atom is 0.345 e. The molecule has 12 heteroatoms. The van der Waals surface area contributed by atoms with Crippen molar-refractivity contribution >= 4 is 28.4 Å². The fraction of sp³-hybridized carbons (Fsp3) is 0.333. The maximum absolute atomic E-state index is 14.5. The third kappa shape index (κ3) is 5.41. The number of amides is 1. The number of hydrogen-bond acceptors (Lipinski definition) is 6. The van der Waals surface area contributed by atoms with E-state index in [2.05, 4.69) is 19.8 Å². The fourth-order valence-electron chi connectivity index (χ4n) is 4.97.